The second kappa shape index (κ2) is 18.3. The molecule has 266 valence electrons. The van der Waals surface area contributed by atoms with Gasteiger partial charge >= 0.3 is 18.2 Å². The summed E-state index contributed by atoms with van der Waals surface area (Å²) in [6, 6.07) is 8.82. The minimum atomic E-state index is -1.35. The zero-order valence-electron chi connectivity index (χ0n) is 28.4. The molecule has 3 heterocycles. The van der Waals surface area contributed by atoms with Gasteiger partial charge in [-0.1, -0.05) is 29.3 Å². The summed E-state index contributed by atoms with van der Waals surface area (Å²) in [5.41, 5.74) is 4.38. The van der Waals surface area contributed by atoms with Gasteiger partial charge in [0.25, 0.3) is 0 Å². The third-order valence-corrected chi connectivity index (χ3v) is 7.89. The summed E-state index contributed by atoms with van der Waals surface area (Å²) in [4.78, 5) is 52.7. The Labute approximate surface area is 295 Å². The number of aliphatic carboxylic acids is 1. The van der Waals surface area contributed by atoms with Crippen LogP contribution in [-0.4, -0.2) is 61.0 Å². The number of fused-ring (bicyclic) bond motifs is 1. The number of hydrogen-bond acceptors (Lipinski definition) is 9. The molecule has 0 spiro atoms. The third kappa shape index (κ3) is 11.9. The van der Waals surface area contributed by atoms with Crippen molar-refractivity contribution in [3.63, 3.8) is 0 Å². The Balaban J connectivity index is 0.000000624. The number of rotatable bonds is 12. The van der Waals surface area contributed by atoms with Crippen LogP contribution in [-0.2, 0) is 50.0 Å². The topological polar surface area (TPSA) is 165 Å². The number of aromatic nitrogens is 2. The molecule has 1 aliphatic heterocycles. The summed E-state index contributed by atoms with van der Waals surface area (Å²) in [7, 11) is 4.05. The number of pyridine rings is 1. The average Bonchev–Trinajstić information content (AvgIpc) is 3.55. The Kier molecular flexibility index (Phi) is 14.6. The first-order valence-corrected chi connectivity index (χ1v) is 16.5. The van der Waals surface area contributed by atoms with E-state index in [1.54, 1.807) is 45.9 Å². The molecule has 0 fully saturated rings. The fourth-order valence-corrected chi connectivity index (χ4v) is 5.33. The predicted molar refractivity (Wildman–Crippen MR) is 182 cm³/mol. The van der Waals surface area contributed by atoms with E-state index in [2.05, 4.69) is 20.5 Å². The van der Waals surface area contributed by atoms with Crippen LogP contribution in [0.2, 0.25) is 10.0 Å². The lowest BCUT2D eigenvalue weighted by molar-refractivity contribution is -0.377. The van der Waals surface area contributed by atoms with Crippen molar-refractivity contribution in [2.45, 2.75) is 84.9 Å². The SMILES string of the molecule is CC(C)NC(=O)OCc1c(COC(=O)NC(C)C)c(-c2ccc(Cl)c(Cl)c2)n2c1CC(OC(=O)CCC(=O)[O-])C2.CN(C)c1cc[nH+]cc1. The molecule has 49 heavy (non-hydrogen) atoms. The second-order valence-electron chi connectivity index (χ2n) is 12.1. The number of aromatic amines is 1. The zero-order chi connectivity index (χ0) is 36.2. The number of carboxylic acids is 1. The first-order valence-electron chi connectivity index (χ1n) is 15.7. The van der Waals surface area contributed by atoms with Gasteiger partial charge in [0.05, 0.1) is 28.7 Å². The molecule has 1 aromatic carbocycles. The Morgan fingerprint density at radius 2 is 1.51 bits per heavy atom. The number of carbonyl (C=O) groups is 4. The van der Waals surface area contributed by atoms with Gasteiger partial charge in [0.1, 0.15) is 19.3 Å². The van der Waals surface area contributed by atoms with E-state index in [4.69, 9.17) is 37.4 Å². The van der Waals surface area contributed by atoms with Crippen molar-refractivity contribution in [2.24, 2.45) is 0 Å². The van der Waals surface area contributed by atoms with Gasteiger partial charge in [-0.3, -0.25) is 4.79 Å². The maximum Gasteiger partial charge on any atom is 0.407 e. The normalized spacial score (nSPS) is 13.2. The number of halogens is 2. The van der Waals surface area contributed by atoms with E-state index >= 15 is 0 Å². The van der Waals surface area contributed by atoms with Gasteiger partial charge in [0.15, 0.2) is 12.4 Å². The molecule has 0 saturated carbocycles. The van der Waals surface area contributed by atoms with Crippen molar-refractivity contribution in [1.29, 1.82) is 0 Å². The maximum atomic E-state index is 12.4. The molecule has 2 aromatic heterocycles. The van der Waals surface area contributed by atoms with Crippen LogP contribution in [0.1, 0.15) is 57.4 Å². The molecule has 1 aliphatic rings. The van der Waals surface area contributed by atoms with Crippen molar-refractivity contribution in [3.8, 4) is 11.3 Å². The van der Waals surface area contributed by atoms with Crippen LogP contribution >= 0.6 is 23.2 Å². The van der Waals surface area contributed by atoms with E-state index in [-0.39, 0.29) is 44.7 Å². The lowest BCUT2D eigenvalue weighted by Gasteiger charge is -2.17. The minimum absolute atomic E-state index is 0.143. The van der Waals surface area contributed by atoms with E-state index in [1.807, 2.05) is 43.2 Å². The lowest BCUT2D eigenvalue weighted by atomic mass is 10.0. The molecule has 0 radical (unpaired) electrons. The molecule has 2 amide bonds. The zero-order valence-corrected chi connectivity index (χ0v) is 29.9. The highest BCUT2D eigenvalue weighted by Gasteiger charge is 2.34. The quantitative estimate of drug-likeness (QED) is 0.205. The molecule has 1 atom stereocenters. The summed E-state index contributed by atoms with van der Waals surface area (Å²) in [5.74, 6) is -2.01. The Hall–Kier alpha value is -4.49. The Morgan fingerprint density at radius 1 is 0.918 bits per heavy atom. The number of ether oxygens (including phenoxy) is 3. The van der Waals surface area contributed by atoms with Crippen LogP contribution in [0.15, 0.2) is 42.7 Å². The second-order valence-corrected chi connectivity index (χ2v) is 12.9. The number of hydrogen-bond donors (Lipinski definition) is 2. The number of carboxylic acid groups (broad SMARTS) is 1. The molecule has 0 bridgehead atoms. The Morgan fingerprint density at radius 3 is 2.02 bits per heavy atom. The van der Waals surface area contributed by atoms with Crippen LogP contribution in [0.4, 0.5) is 15.3 Å². The van der Waals surface area contributed by atoms with E-state index in [0.29, 0.717) is 38.1 Å². The van der Waals surface area contributed by atoms with E-state index in [0.717, 1.165) is 0 Å². The number of alkyl carbamates (subject to hydrolysis) is 2. The summed E-state index contributed by atoms with van der Waals surface area (Å²) < 4.78 is 18.5. The molecule has 0 aliphatic carbocycles. The maximum absolute atomic E-state index is 12.4. The molecule has 15 heteroatoms. The number of anilines is 1. The van der Waals surface area contributed by atoms with Crippen LogP contribution in [0.25, 0.3) is 11.3 Å². The molecule has 13 nitrogen and oxygen atoms in total. The fourth-order valence-electron chi connectivity index (χ4n) is 5.03. The largest absolute Gasteiger partial charge is 0.550 e. The molecule has 3 N–H and O–H groups in total. The number of amides is 2. The molecule has 0 saturated heterocycles. The molecular weight excluding hydrogens is 677 g/mol. The third-order valence-electron chi connectivity index (χ3n) is 7.15. The molecular formula is C34H43Cl2N5O8. The van der Waals surface area contributed by atoms with Gasteiger partial charge in [-0.05, 0) is 46.2 Å². The van der Waals surface area contributed by atoms with Crippen LogP contribution in [0.3, 0.4) is 0 Å². The summed E-state index contributed by atoms with van der Waals surface area (Å²) in [6.07, 6.45) is 1.47. The van der Waals surface area contributed by atoms with Crippen LogP contribution in [0, 0.1) is 0 Å². The van der Waals surface area contributed by atoms with Gasteiger partial charge in [-0.25, -0.2) is 14.6 Å². The van der Waals surface area contributed by atoms with Gasteiger partial charge in [-0.2, -0.15) is 0 Å². The number of nitrogens with one attached hydrogen (secondary N) is 3. The number of H-pyrrole nitrogens is 1. The smallest absolute Gasteiger partial charge is 0.407 e. The number of carbonyl (C=O) groups excluding carboxylic acids is 4. The first kappa shape index (κ1) is 39.0. The summed E-state index contributed by atoms with van der Waals surface area (Å²) >= 11 is 12.5. The highest BCUT2D eigenvalue weighted by molar-refractivity contribution is 6.42. The number of benzene rings is 1. The fraction of sp³-hybridized carbons (Fsp3) is 0.441. The van der Waals surface area contributed by atoms with Crippen molar-refractivity contribution in [1.82, 2.24) is 15.2 Å². The van der Waals surface area contributed by atoms with Crippen LogP contribution < -0.4 is 25.6 Å². The predicted octanol–water partition coefficient (Wildman–Crippen LogP) is 4.30. The van der Waals surface area contributed by atoms with Gasteiger partial charge in [0, 0.05) is 78.8 Å². The van der Waals surface area contributed by atoms with Crippen molar-refractivity contribution >= 4 is 53.0 Å². The standard InChI is InChI=1S/C27H33Cl2N3O8.C7H10N2/c1-14(2)30-26(36)38-12-18-19(13-39-27(37)31-15(3)4)25(16-5-6-20(28)21(29)9-16)32-11-17(10-22(18)32)40-24(35)8-7-23(33)34;1-9(2)7-3-5-8-6-4-7/h5-6,9,14-15,17H,7-8,10-13H2,1-4H3,(H,30,36)(H,31,37)(H,33,34);3-6H,1-2H3. The average molecular weight is 721 g/mol. The molecule has 3 aromatic rings. The van der Waals surface area contributed by atoms with E-state index in [9.17, 15) is 24.3 Å². The highest BCUT2D eigenvalue weighted by atomic mass is 35.5. The van der Waals surface area contributed by atoms with Crippen molar-refractivity contribution in [3.05, 3.63) is 69.6 Å². The van der Waals surface area contributed by atoms with Gasteiger partial charge in [-0.15, -0.1) is 0 Å². The van der Waals surface area contributed by atoms with Crippen molar-refractivity contribution < 1.29 is 43.5 Å². The monoisotopic (exact) mass is 719 g/mol. The van der Waals surface area contributed by atoms with Crippen molar-refractivity contribution in [2.75, 3.05) is 19.0 Å². The minimum Gasteiger partial charge on any atom is -0.550 e. The molecule has 1 unspecified atom stereocenters. The summed E-state index contributed by atoms with van der Waals surface area (Å²) in [5, 5.41) is 16.7. The number of nitrogens with zero attached hydrogens (tertiary/aromatic N) is 2. The van der Waals surface area contributed by atoms with Gasteiger partial charge < -0.3 is 44.2 Å². The van der Waals surface area contributed by atoms with E-state index in [1.165, 1.54) is 5.69 Å². The number of esters is 1. The Bertz CT molecular complexity index is 1610. The van der Waals surface area contributed by atoms with Gasteiger partial charge in [0.2, 0.25) is 0 Å². The van der Waals surface area contributed by atoms with Crippen LogP contribution in [0.5, 0.6) is 0 Å². The summed E-state index contributed by atoms with van der Waals surface area (Å²) in [6.45, 7) is 7.13. The lowest BCUT2D eigenvalue weighted by Crippen LogP contribution is -2.31. The first-order chi connectivity index (χ1) is 23.2. The highest BCUT2D eigenvalue weighted by Crippen LogP contribution is 2.39. The molecule has 4 rings (SSSR count). The van der Waals surface area contributed by atoms with E-state index < -0.39 is 36.6 Å².